The second-order valence-electron chi connectivity index (χ2n) is 3.98. The maximum Gasteiger partial charge on any atom is 0.341 e. The molecule has 1 aromatic heterocycles. The van der Waals surface area contributed by atoms with Gasteiger partial charge in [-0.1, -0.05) is 31.2 Å². The molecule has 1 aromatic carbocycles. The summed E-state index contributed by atoms with van der Waals surface area (Å²) in [5.41, 5.74) is 2.17. The van der Waals surface area contributed by atoms with Crippen LogP contribution in [0.15, 0.2) is 36.7 Å². The molecule has 1 N–H and O–H groups in total. The molecular formula is C14H14N2O3. The van der Waals surface area contributed by atoms with Crippen LogP contribution in [0.3, 0.4) is 0 Å². The quantitative estimate of drug-likeness (QED) is 0.889. The number of benzene rings is 1. The standard InChI is InChI=1S/C14H14N2O3/c1-2-10-3-5-11(6-4-10)14-15-7-12(8-16-14)19-9-13(17)18/h3-8H,2,9H2,1H3,(H,17,18). The number of hydrogen-bond acceptors (Lipinski definition) is 4. The van der Waals surface area contributed by atoms with E-state index in [1.54, 1.807) is 0 Å². The number of carbonyl (C=O) groups is 1. The Hall–Kier alpha value is -2.43. The van der Waals surface area contributed by atoms with Gasteiger partial charge in [0.1, 0.15) is 0 Å². The van der Waals surface area contributed by atoms with E-state index in [1.807, 2.05) is 24.3 Å². The average Bonchev–Trinajstić information content (AvgIpc) is 2.46. The third kappa shape index (κ3) is 3.51. The number of hydrogen-bond donors (Lipinski definition) is 1. The number of carboxylic acids is 1. The molecule has 0 saturated carbocycles. The molecule has 0 aliphatic heterocycles. The molecule has 5 heteroatoms. The third-order valence-corrected chi connectivity index (χ3v) is 2.61. The molecule has 0 fully saturated rings. The fraction of sp³-hybridized carbons (Fsp3) is 0.214. The monoisotopic (exact) mass is 258 g/mol. The molecule has 2 aromatic rings. The molecule has 0 aliphatic carbocycles. The molecule has 1 heterocycles. The first-order chi connectivity index (χ1) is 9.19. The van der Waals surface area contributed by atoms with Crippen molar-refractivity contribution in [3.63, 3.8) is 0 Å². The van der Waals surface area contributed by atoms with Gasteiger partial charge >= 0.3 is 5.97 Å². The van der Waals surface area contributed by atoms with Crippen molar-refractivity contribution in [3.05, 3.63) is 42.2 Å². The number of nitrogens with zero attached hydrogens (tertiary/aromatic N) is 2. The minimum absolute atomic E-state index is 0.344. The summed E-state index contributed by atoms with van der Waals surface area (Å²) in [6, 6.07) is 8.00. The van der Waals surface area contributed by atoms with Crippen molar-refractivity contribution in [2.45, 2.75) is 13.3 Å². The van der Waals surface area contributed by atoms with Gasteiger partial charge in [0.05, 0.1) is 12.4 Å². The highest BCUT2D eigenvalue weighted by atomic mass is 16.5. The molecule has 0 unspecified atom stereocenters. The number of aliphatic carboxylic acids is 1. The Morgan fingerprint density at radius 3 is 2.37 bits per heavy atom. The van der Waals surface area contributed by atoms with Gasteiger partial charge in [-0.15, -0.1) is 0 Å². The van der Waals surface area contributed by atoms with E-state index in [-0.39, 0.29) is 0 Å². The molecule has 19 heavy (non-hydrogen) atoms. The van der Waals surface area contributed by atoms with Crippen LogP contribution in [0.2, 0.25) is 0 Å². The van der Waals surface area contributed by atoms with Crippen LogP contribution in [-0.2, 0) is 11.2 Å². The smallest absolute Gasteiger partial charge is 0.341 e. The molecular weight excluding hydrogens is 244 g/mol. The van der Waals surface area contributed by atoms with Crippen LogP contribution >= 0.6 is 0 Å². The van der Waals surface area contributed by atoms with E-state index in [1.165, 1.54) is 18.0 Å². The normalized spacial score (nSPS) is 10.2. The lowest BCUT2D eigenvalue weighted by molar-refractivity contribution is -0.139. The van der Waals surface area contributed by atoms with Crippen LogP contribution in [0, 0.1) is 0 Å². The highest BCUT2D eigenvalue weighted by Crippen LogP contribution is 2.17. The van der Waals surface area contributed by atoms with Crippen molar-refractivity contribution >= 4 is 5.97 Å². The molecule has 0 aliphatic rings. The van der Waals surface area contributed by atoms with Crippen molar-refractivity contribution in [2.75, 3.05) is 6.61 Å². The lowest BCUT2D eigenvalue weighted by Crippen LogP contribution is -2.09. The Balaban J connectivity index is 2.10. The van der Waals surface area contributed by atoms with Gasteiger partial charge in [0, 0.05) is 5.56 Å². The SMILES string of the molecule is CCc1ccc(-c2ncc(OCC(=O)O)cn2)cc1. The van der Waals surface area contributed by atoms with Crippen LogP contribution < -0.4 is 4.74 Å². The molecule has 2 rings (SSSR count). The molecule has 0 radical (unpaired) electrons. The molecule has 5 nitrogen and oxygen atoms in total. The third-order valence-electron chi connectivity index (χ3n) is 2.61. The molecule has 0 saturated heterocycles. The second-order valence-corrected chi connectivity index (χ2v) is 3.98. The fourth-order valence-corrected chi connectivity index (χ4v) is 1.57. The zero-order valence-electron chi connectivity index (χ0n) is 10.5. The molecule has 0 spiro atoms. The Morgan fingerprint density at radius 2 is 1.84 bits per heavy atom. The van der Waals surface area contributed by atoms with E-state index in [0.717, 1.165) is 12.0 Å². The maximum absolute atomic E-state index is 10.4. The van der Waals surface area contributed by atoms with Crippen LogP contribution in [0.4, 0.5) is 0 Å². The summed E-state index contributed by atoms with van der Waals surface area (Å²) in [6.45, 7) is 1.70. The summed E-state index contributed by atoms with van der Waals surface area (Å²) in [5.74, 6) is -0.0964. The van der Waals surface area contributed by atoms with Crippen molar-refractivity contribution in [1.82, 2.24) is 9.97 Å². The van der Waals surface area contributed by atoms with Crippen LogP contribution in [0.5, 0.6) is 5.75 Å². The molecule has 0 bridgehead atoms. The van der Waals surface area contributed by atoms with Gasteiger partial charge in [-0.05, 0) is 12.0 Å². The summed E-state index contributed by atoms with van der Waals surface area (Å²) in [4.78, 5) is 18.7. The molecule has 0 atom stereocenters. The van der Waals surface area contributed by atoms with Gasteiger partial charge in [0.2, 0.25) is 0 Å². The zero-order chi connectivity index (χ0) is 13.7. The van der Waals surface area contributed by atoms with E-state index in [0.29, 0.717) is 11.6 Å². The largest absolute Gasteiger partial charge is 0.479 e. The van der Waals surface area contributed by atoms with Crippen molar-refractivity contribution in [1.29, 1.82) is 0 Å². The fourth-order valence-electron chi connectivity index (χ4n) is 1.57. The number of aryl methyl sites for hydroxylation is 1. The van der Waals surface area contributed by atoms with E-state index >= 15 is 0 Å². The molecule has 98 valence electrons. The first-order valence-corrected chi connectivity index (χ1v) is 5.95. The van der Waals surface area contributed by atoms with Crippen LogP contribution in [-0.4, -0.2) is 27.7 Å². The summed E-state index contributed by atoms with van der Waals surface area (Å²) in [6.07, 6.45) is 3.93. The minimum atomic E-state index is -1.03. The van der Waals surface area contributed by atoms with Crippen molar-refractivity contribution < 1.29 is 14.6 Å². The summed E-state index contributed by atoms with van der Waals surface area (Å²) in [5, 5.41) is 8.49. The topological polar surface area (TPSA) is 72.3 Å². The van der Waals surface area contributed by atoms with E-state index in [4.69, 9.17) is 9.84 Å². The Bertz CT molecular complexity index is 550. The number of carboxylic acid groups (broad SMARTS) is 1. The Kier molecular flexibility index (Phi) is 4.07. The van der Waals surface area contributed by atoms with Crippen molar-refractivity contribution in [3.8, 4) is 17.1 Å². The number of aromatic nitrogens is 2. The van der Waals surface area contributed by atoms with E-state index in [2.05, 4.69) is 16.9 Å². The zero-order valence-corrected chi connectivity index (χ0v) is 10.5. The van der Waals surface area contributed by atoms with Gasteiger partial charge in [-0.3, -0.25) is 0 Å². The van der Waals surface area contributed by atoms with Gasteiger partial charge in [-0.2, -0.15) is 0 Å². The van der Waals surface area contributed by atoms with Gasteiger partial charge in [-0.25, -0.2) is 14.8 Å². The van der Waals surface area contributed by atoms with E-state index < -0.39 is 12.6 Å². The first-order valence-electron chi connectivity index (χ1n) is 5.95. The van der Waals surface area contributed by atoms with Gasteiger partial charge < -0.3 is 9.84 Å². The Labute approximate surface area is 110 Å². The Morgan fingerprint density at radius 1 is 1.21 bits per heavy atom. The average molecular weight is 258 g/mol. The lowest BCUT2D eigenvalue weighted by atomic mass is 10.1. The summed E-state index contributed by atoms with van der Waals surface area (Å²) < 4.78 is 4.97. The van der Waals surface area contributed by atoms with Gasteiger partial charge in [0.25, 0.3) is 0 Å². The first kappa shape index (κ1) is 13.0. The van der Waals surface area contributed by atoms with Gasteiger partial charge in [0.15, 0.2) is 18.2 Å². The second kappa shape index (κ2) is 5.95. The number of ether oxygens (including phenoxy) is 1. The predicted molar refractivity (Wildman–Crippen MR) is 70.0 cm³/mol. The lowest BCUT2D eigenvalue weighted by Gasteiger charge is -2.04. The predicted octanol–water partition coefficient (Wildman–Crippen LogP) is 2.17. The maximum atomic E-state index is 10.4. The van der Waals surface area contributed by atoms with Crippen LogP contribution in [0.1, 0.15) is 12.5 Å². The molecule has 0 amide bonds. The summed E-state index contributed by atoms with van der Waals surface area (Å²) >= 11 is 0. The van der Waals surface area contributed by atoms with E-state index in [9.17, 15) is 4.79 Å². The number of rotatable bonds is 5. The highest BCUT2D eigenvalue weighted by molar-refractivity contribution is 5.68. The highest BCUT2D eigenvalue weighted by Gasteiger charge is 2.03. The minimum Gasteiger partial charge on any atom is -0.479 e. The summed E-state index contributed by atoms with van der Waals surface area (Å²) in [7, 11) is 0. The van der Waals surface area contributed by atoms with Crippen LogP contribution in [0.25, 0.3) is 11.4 Å². The van der Waals surface area contributed by atoms with Crippen molar-refractivity contribution in [2.24, 2.45) is 0 Å².